The number of rotatable bonds is 10. The van der Waals surface area contributed by atoms with Crippen LogP contribution in [0.2, 0.25) is 0 Å². The van der Waals surface area contributed by atoms with Crippen molar-refractivity contribution in [2.45, 2.75) is 6.42 Å². The molecule has 5 aromatic rings. The van der Waals surface area contributed by atoms with Crippen molar-refractivity contribution in [3.05, 3.63) is 90.4 Å². The molecule has 0 aliphatic carbocycles. The van der Waals surface area contributed by atoms with Gasteiger partial charge >= 0.3 is 0 Å². The molecule has 38 heavy (non-hydrogen) atoms. The molecule has 0 saturated carbocycles. The first-order valence-corrected chi connectivity index (χ1v) is 12.0. The molecule has 0 fully saturated rings. The van der Waals surface area contributed by atoms with Crippen LogP contribution in [0.4, 0.5) is 33.6 Å². The fourth-order valence-electron chi connectivity index (χ4n) is 3.89. The summed E-state index contributed by atoms with van der Waals surface area (Å²) >= 11 is 0. The molecular weight excluding hydrogens is 485 g/mol. The van der Waals surface area contributed by atoms with Gasteiger partial charge in [0, 0.05) is 35.6 Å². The highest BCUT2D eigenvalue weighted by atomic mass is 19.1. The van der Waals surface area contributed by atoms with Crippen molar-refractivity contribution < 1.29 is 13.9 Å². The molecule has 10 heteroatoms. The Morgan fingerprint density at radius 2 is 1.45 bits per heavy atom. The lowest BCUT2D eigenvalue weighted by molar-refractivity contribution is 0.355. The zero-order valence-electron chi connectivity index (χ0n) is 20.9. The van der Waals surface area contributed by atoms with Crippen LogP contribution in [0.1, 0.15) is 5.56 Å². The summed E-state index contributed by atoms with van der Waals surface area (Å²) in [5.74, 6) is 1.90. The molecule has 3 N–H and O–H groups in total. The van der Waals surface area contributed by atoms with Crippen LogP contribution in [0, 0.1) is 5.82 Å². The second-order valence-electron chi connectivity index (χ2n) is 8.31. The Morgan fingerprint density at radius 1 is 0.737 bits per heavy atom. The van der Waals surface area contributed by atoms with E-state index in [9.17, 15) is 4.39 Å². The molecule has 0 bridgehead atoms. The number of nitrogens with one attached hydrogen (secondary N) is 3. The summed E-state index contributed by atoms with van der Waals surface area (Å²) in [6.07, 6.45) is 2.22. The van der Waals surface area contributed by atoms with Gasteiger partial charge in [-0.25, -0.2) is 4.39 Å². The van der Waals surface area contributed by atoms with Gasteiger partial charge in [-0.3, -0.25) is 4.98 Å². The first-order chi connectivity index (χ1) is 18.6. The van der Waals surface area contributed by atoms with Crippen molar-refractivity contribution in [3.8, 4) is 11.5 Å². The Morgan fingerprint density at radius 3 is 2.21 bits per heavy atom. The highest BCUT2D eigenvalue weighted by Gasteiger charge is 2.11. The molecule has 9 nitrogen and oxygen atoms in total. The number of anilines is 5. The molecule has 0 aliphatic rings. The van der Waals surface area contributed by atoms with E-state index in [0.717, 1.165) is 16.6 Å². The largest absolute Gasteiger partial charge is 0.493 e. The first kappa shape index (κ1) is 24.7. The second-order valence-corrected chi connectivity index (χ2v) is 8.31. The zero-order chi connectivity index (χ0) is 26.3. The molecule has 3 aromatic carbocycles. The summed E-state index contributed by atoms with van der Waals surface area (Å²) in [7, 11) is 3.15. The summed E-state index contributed by atoms with van der Waals surface area (Å²) in [5.41, 5.74) is 2.93. The number of hydrogen-bond acceptors (Lipinski definition) is 9. The molecular formula is C28H26FN7O2. The van der Waals surface area contributed by atoms with Crippen LogP contribution in [0.15, 0.2) is 79.0 Å². The SMILES string of the molecule is COc1ccc(Nc2nc(NCCc3ccccc3F)nc(Nc3ccc4cccnc4c3)n2)cc1OC. The van der Waals surface area contributed by atoms with Gasteiger partial charge in [0.2, 0.25) is 17.8 Å². The number of aromatic nitrogens is 4. The fourth-order valence-corrected chi connectivity index (χ4v) is 3.89. The van der Waals surface area contributed by atoms with Crippen LogP contribution in [-0.2, 0) is 6.42 Å². The lowest BCUT2D eigenvalue weighted by atomic mass is 10.1. The molecule has 0 aliphatic heterocycles. The van der Waals surface area contributed by atoms with E-state index in [2.05, 4.69) is 35.9 Å². The number of hydrogen-bond donors (Lipinski definition) is 3. The van der Waals surface area contributed by atoms with E-state index >= 15 is 0 Å². The number of halogens is 1. The van der Waals surface area contributed by atoms with Gasteiger partial charge in [-0.05, 0) is 48.4 Å². The van der Waals surface area contributed by atoms with E-state index in [4.69, 9.17) is 9.47 Å². The number of methoxy groups -OCH3 is 2. The van der Waals surface area contributed by atoms with E-state index in [1.165, 1.54) is 6.07 Å². The molecule has 0 spiro atoms. The predicted octanol–water partition coefficient (Wildman–Crippen LogP) is 5.72. The van der Waals surface area contributed by atoms with Gasteiger partial charge in [-0.15, -0.1) is 0 Å². The number of pyridine rings is 1. The summed E-state index contributed by atoms with van der Waals surface area (Å²) in [6, 6.07) is 21.8. The third kappa shape index (κ3) is 5.86. The maximum atomic E-state index is 14.0. The smallest absolute Gasteiger partial charge is 0.233 e. The van der Waals surface area contributed by atoms with Crippen LogP contribution in [0.5, 0.6) is 11.5 Å². The van der Waals surface area contributed by atoms with Crippen LogP contribution < -0.4 is 25.4 Å². The summed E-state index contributed by atoms with van der Waals surface area (Å²) in [6.45, 7) is 0.431. The molecule has 0 atom stereocenters. The minimum absolute atomic E-state index is 0.243. The van der Waals surface area contributed by atoms with Crippen LogP contribution in [-0.4, -0.2) is 40.7 Å². The van der Waals surface area contributed by atoms with Crippen LogP contribution in [0.25, 0.3) is 10.9 Å². The van der Waals surface area contributed by atoms with Gasteiger partial charge in [-0.2, -0.15) is 15.0 Å². The van der Waals surface area contributed by atoms with Crippen molar-refractivity contribution in [3.63, 3.8) is 0 Å². The second kappa shape index (κ2) is 11.4. The number of ether oxygens (including phenoxy) is 2. The third-order valence-electron chi connectivity index (χ3n) is 5.77. The summed E-state index contributed by atoms with van der Waals surface area (Å²) < 4.78 is 24.8. The molecule has 0 unspecified atom stereocenters. The van der Waals surface area contributed by atoms with E-state index in [1.54, 1.807) is 44.7 Å². The van der Waals surface area contributed by atoms with Crippen molar-refractivity contribution in [1.29, 1.82) is 0 Å². The highest BCUT2D eigenvalue weighted by Crippen LogP contribution is 2.31. The van der Waals surface area contributed by atoms with Crippen molar-refractivity contribution in [1.82, 2.24) is 19.9 Å². The van der Waals surface area contributed by atoms with Gasteiger partial charge in [0.1, 0.15) is 5.82 Å². The molecule has 192 valence electrons. The third-order valence-corrected chi connectivity index (χ3v) is 5.77. The molecule has 0 saturated heterocycles. The van der Waals surface area contributed by atoms with Gasteiger partial charge in [0.25, 0.3) is 0 Å². The lowest BCUT2D eigenvalue weighted by Crippen LogP contribution is -2.12. The van der Waals surface area contributed by atoms with Crippen LogP contribution in [0.3, 0.4) is 0 Å². The lowest BCUT2D eigenvalue weighted by Gasteiger charge is -2.13. The minimum atomic E-state index is -0.243. The molecule has 5 rings (SSSR count). The van der Waals surface area contributed by atoms with Crippen molar-refractivity contribution >= 4 is 40.1 Å². The van der Waals surface area contributed by atoms with E-state index < -0.39 is 0 Å². The van der Waals surface area contributed by atoms with E-state index in [1.807, 2.05) is 42.5 Å². The number of nitrogens with zero attached hydrogens (tertiary/aromatic N) is 4. The Kier molecular flexibility index (Phi) is 7.39. The van der Waals surface area contributed by atoms with Gasteiger partial charge in [-0.1, -0.05) is 30.3 Å². The normalized spacial score (nSPS) is 10.7. The van der Waals surface area contributed by atoms with Crippen molar-refractivity contribution in [2.24, 2.45) is 0 Å². The van der Waals surface area contributed by atoms with E-state index in [0.29, 0.717) is 53.6 Å². The Hall–Kier alpha value is -4.99. The molecule has 2 aromatic heterocycles. The van der Waals surface area contributed by atoms with E-state index in [-0.39, 0.29) is 5.82 Å². The molecule has 2 heterocycles. The number of fused-ring (bicyclic) bond motifs is 1. The Labute approximate surface area is 219 Å². The zero-order valence-corrected chi connectivity index (χ0v) is 20.9. The fraction of sp³-hybridized carbons (Fsp3) is 0.143. The highest BCUT2D eigenvalue weighted by molar-refractivity contribution is 5.82. The topological polar surface area (TPSA) is 106 Å². The quantitative estimate of drug-likeness (QED) is 0.217. The maximum Gasteiger partial charge on any atom is 0.233 e. The maximum absolute atomic E-state index is 14.0. The molecule has 0 radical (unpaired) electrons. The van der Waals surface area contributed by atoms with Crippen LogP contribution >= 0.6 is 0 Å². The average Bonchev–Trinajstić information content (AvgIpc) is 2.94. The monoisotopic (exact) mass is 511 g/mol. The van der Waals surface area contributed by atoms with Crippen molar-refractivity contribution in [2.75, 3.05) is 36.7 Å². The molecule has 0 amide bonds. The summed E-state index contributed by atoms with van der Waals surface area (Å²) in [4.78, 5) is 18.0. The van der Waals surface area contributed by atoms with Gasteiger partial charge in [0.15, 0.2) is 11.5 Å². The number of benzene rings is 3. The minimum Gasteiger partial charge on any atom is -0.493 e. The Balaban J connectivity index is 1.41. The first-order valence-electron chi connectivity index (χ1n) is 12.0. The predicted molar refractivity (Wildman–Crippen MR) is 146 cm³/mol. The summed E-state index contributed by atoms with van der Waals surface area (Å²) in [5, 5.41) is 10.6. The average molecular weight is 512 g/mol. The van der Waals surface area contributed by atoms with Gasteiger partial charge < -0.3 is 25.4 Å². The Bertz CT molecular complexity index is 1560. The standard InChI is InChI=1S/C28H26FN7O2/c1-37-24-12-11-21(17-25(24)38-2)33-28-35-26(31-15-13-18-6-3-4-8-22(18)29)34-27(36-28)32-20-10-9-19-7-5-14-30-23(19)16-20/h3-12,14,16-17H,13,15H2,1-2H3,(H3,31,32,33,34,35,36). The van der Waals surface area contributed by atoms with Gasteiger partial charge in [0.05, 0.1) is 19.7 Å².